The molecular weight excluding hydrogens is 407 g/mol. The van der Waals surface area contributed by atoms with Crippen molar-refractivity contribution in [3.8, 4) is 5.82 Å². The molecule has 8 nitrogen and oxygen atoms in total. The Morgan fingerprint density at radius 1 is 0.933 bits per heavy atom. The van der Waals surface area contributed by atoms with E-state index < -0.39 is 15.8 Å². The minimum Gasteiger partial charge on any atom is -0.354 e. The number of nitrogens with zero attached hydrogens (tertiary/aromatic N) is 6. The van der Waals surface area contributed by atoms with Gasteiger partial charge in [0, 0.05) is 37.9 Å². The first-order valence-electron chi connectivity index (χ1n) is 9.64. The zero-order valence-electron chi connectivity index (χ0n) is 17.1. The van der Waals surface area contributed by atoms with E-state index in [-0.39, 0.29) is 18.0 Å². The van der Waals surface area contributed by atoms with Crippen LogP contribution in [0.1, 0.15) is 17.2 Å². The van der Waals surface area contributed by atoms with Gasteiger partial charge in [0.1, 0.15) is 22.4 Å². The maximum absolute atomic E-state index is 14.0. The summed E-state index contributed by atoms with van der Waals surface area (Å²) in [5.74, 6) is 1.26. The molecule has 1 aliphatic heterocycles. The highest BCUT2D eigenvalue weighted by Crippen LogP contribution is 2.23. The van der Waals surface area contributed by atoms with Crippen LogP contribution in [0.4, 0.5) is 10.2 Å². The first-order chi connectivity index (χ1) is 14.3. The summed E-state index contributed by atoms with van der Waals surface area (Å²) < 4.78 is 42.7. The van der Waals surface area contributed by atoms with E-state index in [1.165, 1.54) is 22.5 Å². The van der Waals surface area contributed by atoms with E-state index in [1.54, 1.807) is 4.68 Å². The molecule has 0 N–H and O–H groups in total. The average Bonchev–Trinajstić information content (AvgIpc) is 3.06. The molecule has 1 aromatic carbocycles. The molecule has 158 valence electrons. The van der Waals surface area contributed by atoms with E-state index in [1.807, 2.05) is 37.8 Å². The second-order valence-corrected chi connectivity index (χ2v) is 9.20. The Morgan fingerprint density at radius 3 is 2.23 bits per heavy atom. The first-order valence-corrected chi connectivity index (χ1v) is 11.1. The van der Waals surface area contributed by atoms with Gasteiger partial charge in [-0.25, -0.2) is 27.5 Å². The molecule has 1 aliphatic rings. The third kappa shape index (κ3) is 3.80. The number of halogens is 1. The number of aromatic nitrogens is 4. The smallest absolute Gasteiger partial charge is 0.246 e. The van der Waals surface area contributed by atoms with Gasteiger partial charge in [-0.1, -0.05) is 12.1 Å². The van der Waals surface area contributed by atoms with Crippen LogP contribution < -0.4 is 4.90 Å². The number of piperazine rings is 1. The van der Waals surface area contributed by atoms with E-state index in [2.05, 4.69) is 15.1 Å². The summed E-state index contributed by atoms with van der Waals surface area (Å²) in [5, 5.41) is 4.48. The number of anilines is 1. The fourth-order valence-electron chi connectivity index (χ4n) is 3.62. The van der Waals surface area contributed by atoms with Crippen molar-refractivity contribution in [1.29, 1.82) is 0 Å². The molecule has 0 unspecified atom stereocenters. The van der Waals surface area contributed by atoms with Gasteiger partial charge in [-0.3, -0.25) is 0 Å². The van der Waals surface area contributed by atoms with Crippen molar-refractivity contribution in [3.05, 3.63) is 59.4 Å². The quantitative estimate of drug-likeness (QED) is 0.631. The van der Waals surface area contributed by atoms with Crippen LogP contribution in [0.2, 0.25) is 0 Å². The van der Waals surface area contributed by atoms with Gasteiger partial charge >= 0.3 is 0 Å². The molecule has 1 fully saturated rings. The van der Waals surface area contributed by atoms with Crippen LogP contribution in [0.3, 0.4) is 0 Å². The first kappa shape index (κ1) is 20.4. The fraction of sp³-hybridized carbons (Fsp3) is 0.350. The minimum atomic E-state index is -3.88. The van der Waals surface area contributed by atoms with Crippen molar-refractivity contribution in [3.63, 3.8) is 0 Å². The Hall–Kier alpha value is -2.85. The van der Waals surface area contributed by atoms with E-state index >= 15 is 0 Å². The second kappa shape index (κ2) is 7.77. The summed E-state index contributed by atoms with van der Waals surface area (Å²) >= 11 is 0. The summed E-state index contributed by atoms with van der Waals surface area (Å²) in [6, 6.07) is 9.29. The molecule has 0 spiro atoms. The van der Waals surface area contributed by atoms with Crippen LogP contribution in [0.5, 0.6) is 0 Å². The Bertz CT molecular complexity index is 1190. The molecule has 0 saturated carbocycles. The van der Waals surface area contributed by atoms with Gasteiger partial charge in [0.05, 0.1) is 5.69 Å². The van der Waals surface area contributed by atoms with Crippen molar-refractivity contribution < 1.29 is 12.8 Å². The van der Waals surface area contributed by atoms with E-state index in [4.69, 9.17) is 0 Å². The highest BCUT2D eigenvalue weighted by Gasteiger charge is 2.31. The van der Waals surface area contributed by atoms with E-state index in [0.29, 0.717) is 30.5 Å². The molecule has 10 heteroatoms. The normalized spacial score (nSPS) is 15.5. The van der Waals surface area contributed by atoms with Gasteiger partial charge in [-0.15, -0.1) is 0 Å². The summed E-state index contributed by atoms with van der Waals surface area (Å²) in [7, 11) is -3.88. The third-order valence-corrected chi connectivity index (χ3v) is 6.99. The van der Waals surface area contributed by atoms with Crippen LogP contribution in [0.15, 0.2) is 41.3 Å². The van der Waals surface area contributed by atoms with E-state index in [9.17, 15) is 12.8 Å². The Balaban J connectivity index is 1.55. The number of hydrogen-bond donors (Lipinski definition) is 0. The Morgan fingerprint density at radius 2 is 1.60 bits per heavy atom. The molecule has 0 aliphatic carbocycles. The average molecular weight is 431 g/mol. The van der Waals surface area contributed by atoms with Crippen LogP contribution in [0, 0.1) is 26.6 Å². The Labute approximate surface area is 175 Å². The number of rotatable bonds is 4. The standard InChI is InChI=1S/C20H23FN6O2S/c1-14-12-15(2)27(24-14)20-13-19(22-16(3)23-20)25-8-10-26(11-9-25)30(28,29)18-7-5-4-6-17(18)21/h4-7,12-13H,8-11H2,1-3H3. The van der Waals surface area contributed by atoms with Crippen LogP contribution in [0.25, 0.3) is 5.82 Å². The molecular formula is C20H23FN6O2S. The third-order valence-electron chi connectivity index (χ3n) is 5.05. The highest BCUT2D eigenvalue weighted by molar-refractivity contribution is 7.89. The number of sulfonamides is 1. The lowest BCUT2D eigenvalue weighted by Gasteiger charge is -2.34. The Kier molecular flexibility index (Phi) is 5.29. The molecule has 30 heavy (non-hydrogen) atoms. The highest BCUT2D eigenvalue weighted by atomic mass is 32.2. The maximum atomic E-state index is 14.0. The second-order valence-electron chi connectivity index (χ2n) is 7.29. The summed E-state index contributed by atoms with van der Waals surface area (Å²) in [5.41, 5.74) is 1.87. The predicted molar refractivity (Wildman–Crippen MR) is 111 cm³/mol. The van der Waals surface area contributed by atoms with Crippen molar-refractivity contribution in [1.82, 2.24) is 24.1 Å². The molecule has 0 bridgehead atoms. The molecule has 3 heterocycles. The van der Waals surface area contributed by atoms with Crippen molar-refractivity contribution in [2.75, 3.05) is 31.1 Å². The lowest BCUT2D eigenvalue weighted by Crippen LogP contribution is -2.49. The van der Waals surface area contributed by atoms with Gasteiger partial charge in [0.15, 0.2) is 5.82 Å². The summed E-state index contributed by atoms with van der Waals surface area (Å²) in [6.45, 7) is 7.08. The number of benzene rings is 1. The molecule has 0 radical (unpaired) electrons. The molecule has 2 aromatic heterocycles. The van der Waals surface area contributed by atoms with Gasteiger partial charge in [-0.2, -0.15) is 9.40 Å². The largest absolute Gasteiger partial charge is 0.354 e. The van der Waals surface area contributed by atoms with E-state index in [0.717, 1.165) is 17.5 Å². The number of aryl methyl sites for hydroxylation is 3. The lowest BCUT2D eigenvalue weighted by atomic mass is 10.3. The van der Waals surface area contributed by atoms with Gasteiger partial charge in [-0.05, 0) is 39.0 Å². The number of hydrogen-bond acceptors (Lipinski definition) is 6. The fourth-order valence-corrected chi connectivity index (χ4v) is 5.11. The monoisotopic (exact) mass is 430 g/mol. The van der Waals surface area contributed by atoms with Crippen LogP contribution in [-0.4, -0.2) is 58.7 Å². The molecule has 3 aromatic rings. The predicted octanol–water partition coefficient (Wildman–Crippen LogP) is 2.24. The lowest BCUT2D eigenvalue weighted by molar-refractivity contribution is 0.381. The van der Waals surface area contributed by atoms with Crippen molar-refractivity contribution in [2.24, 2.45) is 0 Å². The van der Waals surface area contributed by atoms with Crippen molar-refractivity contribution >= 4 is 15.8 Å². The molecule has 4 rings (SSSR count). The van der Waals surface area contributed by atoms with Gasteiger partial charge in [0.25, 0.3) is 0 Å². The topological polar surface area (TPSA) is 84.2 Å². The SMILES string of the molecule is Cc1cc(C)n(-c2cc(N3CCN(S(=O)(=O)c4ccccc4F)CC3)nc(C)n2)n1. The summed E-state index contributed by atoms with van der Waals surface area (Å²) in [4.78, 5) is 10.7. The van der Waals surface area contributed by atoms with Gasteiger partial charge < -0.3 is 4.90 Å². The van der Waals surface area contributed by atoms with Crippen LogP contribution in [-0.2, 0) is 10.0 Å². The zero-order valence-corrected chi connectivity index (χ0v) is 17.9. The zero-order chi connectivity index (χ0) is 21.5. The minimum absolute atomic E-state index is 0.245. The molecule has 1 saturated heterocycles. The van der Waals surface area contributed by atoms with Gasteiger partial charge in [0.2, 0.25) is 10.0 Å². The molecule has 0 atom stereocenters. The van der Waals surface area contributed by atoms with Crippen LogP contribution >= 0.6 is 0 Å². The van der Waals surface area contributed by atoms with Crippen molar-refractivity contribution in [2.45, 2.75) is 25.7 Å². The molecule has 0 amide bonds. The maximum Gasteiger partial charge on any atom is 0.246 e. The summed E-state index contributed by atoms with van der Waals surface area (Å²) in [6.07, 6.45) is 0.